The lowest BCUT2D eigenvalue weighted by atomic mass is 10.2. The van der Waals surface area contributed by atoms with Crippen LogP contribution in [0.5, 0.6) is 0 Å². The lowest BCUT2D eigenvalue weighted by Crippen LogP contribution is -2.33. The van der Waals surface area contributed by atoms with E-state index in [1.54, 1.807) is 31.2 Å². The van der Waals surface area contributed by atoms with E-state index >= 15 is 0 Å². The van der Waals surface area contributed by atoms with Crippen LogP contribution in [0.3, 0.4) is 0 Å². The summed E-state index contributed by atoms with van der Waals surface area (Å²) in [4.78, 5) is 25.5. The number of thiophene rings is 1. The van der Waals surface area contributed by atoms with E-state index in [9.17, 15) is 9.59 Å². The van der Waals surface area contributed by atoms with E-state index in [2.05, 4.69) is 10.4 Å². The monoisotopic (exact) mass is 393 g/mol. The maximum Gasteiger partial charge on any atom is 0.267 e. The molecular weight excluding hydrogens is 381 g/mol. The van der Waals surface area contributed by atoms with Gasteiger partial charge in [0.25, 0.3) is 5.56 Å². The van der Waals surface area contributed by atoms with Gasteiger partial charge >= 0.3 is 0 Å². The SMILES string of the molecule is CC(C(=O)Nc1ccc(Cl)c(Cl)c1)n1nc(-c2cccs2)ccc1=O. The standard InChI is InChI=1S/C17H13Cl2N3O2S/c1-10(17(24)20-11-4-5-12(18)13(19)9-11)22-16(23)7-6-14(21-22)15-3-2-8-25-15/h2-10H,1H3,(H,20,24). The lowest BCUT2D eigenvalue weighted by Gasteiger charge is -2.15. The zero-order valence-corrected chi connectivity index (χ0v) is 15.4. The van der Waals surface area contributed by atoms with Crippen molar-refractivity contribution >= 4 is 46.1 Å². The van der Waals surface area contributed by atoms with Crippen molar-refractivity contribution in [3.05, 3.63) is 68.2 Å². The number of benzene rings is 1. The van der Waals surface area contributed by atoms with Crippen LogP contribution in [-0.4, -0.2) is 15.7 Å². The van der Waals surface area contributed by atoms with Crippen molar-refractivity contribution in [2.45, 2.75) is 13.0 Å². The molecule has 0 saturated carbocycles. The van der Waals surface area contributed by atoms with Crippen LogP contribution < -0.4 is 10.9 Å². The van der Waals surface area contributed by atoms with Crippen LogP contribution in [0.4, 0.5) is 5.69 Å². The summed E-state index contributed by atoms with van der Waals surface area (Å²) >= 11 is 13.3. The molecule has 1 atom stereocenters. The Kier molecular flexibility index (Phi) is 5.22. The van der Waals surface area contributed by atoms with E-state index < -0.39 is 6.04 Å². The number of rotatable bonds is 4. The summed E-state index contributed by atoms with van der Waals surface area (Å²) < 4.78 is 1.17. The Balaban J connectivity index is 1.85. The Bertz CT molecular complexity index is 970. The molecule has 128 valence electrons. The molecule has 0 aliphatic carbocycles. The van der Waals surface area contributed by atoms with Gasteiger partial charge in [-0.2, -0.15) is 5.10 Å². The molecule has 1 unspecified atom stereocenters. The molecule has 0 saturated heterocycles. The predicted octanol–water partition coefficient (Wildman–Crippen LogP) is 4.48. The van der Waals surface area contributed by atoms with Gasteiger partial charge in [-0.15, -0.1) is 11.3 Å². The number of hydrogen-bond acceptors (Lipinski definition) is 4. The van der Waals surface area contributed by atoms with Crippen LogP contribution in [0.25, 0.3) is 10.6 Å². The zero-order chi connectivity index (χ0) is 18.0. The first-order valence-corrected chi connectivity index (χ1v) is 8.99. The average Bonchev–Trinajstić information content (AvgIpc) is 3.12. The number of nitrogens with one attached hydrogen (secondary N) is 1. The fraction of sp³-hybridized carbons (Fsp3) is 0.118. The van der Waals surface area contributed by atoms with Crippen molar-refractivity contribution in [1.82, 2.24) is 9.78 Å². The van der Waals surface area contributed by atoms with Crippen molar-refractivity contribution in [2.75, 3.05) is 5.32 Å². The predicted molar refractivity (Wildman–Crippen MR) is 102 cm³/mol. The second-order valence-electron chi connectivity index (χ2n) is 5.27. The molecule has 1 aromatic carbocycles. The minimum atomic E-state index is -0.790. The fourth-order valence-corrected chi connectivity index (χ4v) is 3.18. The maximum absolute atomic E-state index is 12.5. The van der Waals surface area contributed by atoms with Crippen LogP contribution in [0.15, 0.2) is 52.6 Å². The van der Waals surface area contributed by atoms with Crippen molar-refractivity contribution in [3.8, 4) is 10.6 Å². The van der Waals surface area contributed by atoms with Crippen LogP contribution in [-0.2, 0) is 4.79 Å². The molecular formula is C17H13Cl2N3O2S. The molecule has 0 fully saturated rings. The summed E-state index contributed by atoms with van der Waals surface area (Å²) in [6, 6.07) is 10.8. The first-order chi connectivity index (χ1) is 12.0. The summed E-state index contributed by atoms with van der Waals surface area (Å²) in [6.45, 7) is 1.61. The highest BCUT2D eigenvalue weighted by Crippen LogP contribution is 2.25. The Morgan fingerprint density at radius 3 is 2.68 bits per heavy atom. The quantitative estimate of drug-likeness (QED) is 0.710. The van der Waals surface area contributed by atoms with Crippen LogP contribution in [0, 0.1) is 0 Å². The third kappa shape index (κ3) is 3.92. The van der Waals surface area contributed by atoms with Crippen LogP contribution >= 0.6 is 34.5 Å². The maximum atomic E-state index is 12.5. The summed E-state index contributed by atoms with van der Waals surface area (Å²) in [5.41, 5.74) is 0.787. The lowest BCUT2D eigenvalue weighted by molar-refractivity contribution is -0.119. The largest absolute Gasteiger partial charge is 0.324 e. The van der Waals surface area contributed by atoms with E-state index in [1.165, 1.54) is 22.1 Å². The Morgan fingerprint density at radius 2 is 2.00 bits per heavy atom. The summed E-state index contributed by atoms with van der Waals surface area (Å²) in [5, 5.41) is 9.68. The van der Waals surface area contributed by atoms with Gasteiger partial charge in [0, 0.05) is 11.8 Å². The third-order valence-corrected chi connectivity index (χ3v) is 5.16. The number of anilines is 1. The van der Waals surface area contributed by atoms with Crippen LogP contribution in [0.2, 0.25) is 10.0 Å². The average molecular weight is 394 g/mol. The first kappa shape index (κ1) is 17.7. The molecule has 0 spiro atoms. The smallest absolute Gasteiger partial charge is 0.267 e. The number of aromatic nitrogens is 2. The highest BCUT2D eigenvalue weighted by molar-refractivity contribution is 7.13. The molecule has 5 nitrogen and oxygen atoms in total. The van der Waals surface area contributed by atoms with Gasteiger partial charge in [0.1, 0.15) is 11.7 Å². The minimum Gasteiger partial charge on any atom is -0.324 e. The van der Waals surface area contributed by atoms with E-state index in [1.807, 2.05) is 17.5 Å². The number of carbonyl (C=O) groups excluding carboxylic acids is 1. The Hall–Kier alpha value is -2.15. The van der Waals surface area contributed by atoms with Gasteiger partial charge < -0.3 is 5.32 Å². The molecule has 3 rings (SSSR count). The molecule has 3 aromatic rings. The van der Waals surface area contributed by atoms with Gasteiger partial charge in [-0.25, -0.2) is 4.68 Å². The van der Waals surface area contributed by atoms with E-state index in [-0.39, 0.29) is 11.5 Å². The van der Waals surface area contributed by atoms with E-state index in [0.29, 0.717) is 21.4 Å². The topological polar surface area (TPSA) is 64.0 Å². The highest BCUT2D eigenvalue weighted by atomic mass is 35.5. The zero-order valence-electron chi connectivity index (χ0n) is 13.1. The molecule has 25 heavy (non-hydrogen) atoms. The summed E-state index contributed by atoms with van der Waals surface area (Å²) in [7, 11) is 0. The Morgan fingerprint density at radius 1 is 1.20 bits per heavy atom. The molecule has 1 N–H and O–H groups in total. The van der Waals surface area contributed by atoms with Gasteiger partial charge in [0.2, 0.25) is 5.91 Å². The summed E-state index contributed by atoms with van der Waals surface area (Å²) in [6.07, 6.45) is 0. The third-order valence-electron chi connectivity index (χ3n) is 3.53. The van der Waals surface area contributed by atoms with Gasteiger partial charge in [-0.05, 0) is 42.6 Å². The van der Waals surface area contributed by atoms with Crippen molar-refractivity contribution in [3.63, 3.8) is 0 Å². The van der Waals surface area contributed by atoms with Crippen molar-refractivity contribution in [1.29, 1.82) is 0 Å². The molecule has 2 heterocycles. The van der Waals surface area contributed by atoms with E-state index in [0.717, 1.165) is 4.88 Å². The minimum absolute atomic E-state index is 0.335. The number of hydrogen-bond donors (Lipinski definition) is 1. The molecule has 1 amide bonds. The van der Waals surface area contributed by atoms with Gasteiger partial charge in [-0.1, -0.05) is 29.3 Å². The fourth-order valence-electron chi connectivity index (χ4n) is 2.19. The summed E-state index contributed by atoms with van der Waals surface area (Å²) in [5.74, 6) is -0.378. The van der Waals surface area contributed by atoms with Gasteiger partial charge in [0.05, 0.1) is 14.9 Å². The van der Waals surface area contributed by atoms with Crippen molar-refractivity contribution < 1.29 is 4.79 Å². The number of amides is 1. The molecule has 0 radical (unpaired) electrons. The Labute approximate surface area is 157 Å². The normalized spacial score (nSPS) is 12.0. The second kappa shape index (κ2) is 7.39. The molecule has 0 aliphatic heterocycles. The van der Waals surface area contributed by atoms with Crippen molar-refractivity contribution in [2.24, 2.45) is 0 Å². The van der Waals surface area contributed by atoms with Gasteiger partial charge in [0.15, 0.2) is 0 Å². The molecule has 0 bridgehead atoms. The van der Waals surface area contributed by atoms with Gasteiger partial charge in [-0.3, -0.25) is 9.59 Å². The number of halogens is 2. The van der Waals surface area contributed by atoms with E-state index in [4.69, 9.17) is 23.2 Å². The molecule has 8 heteroatoms. The molecule has 0 aliphatic rings. The molecule has 2 aromatic heterocycles. The first-order valence-electron chi connectivity index (χ1n) is 7.35. The number of carbonyl (C=O) groups is 1. The van der Waals surface area contributed by atoms with Crippen LogP contribution in [0.1, 0.15) is 13.0 Å². The number of nitrogens with zero attached hydrogens (tertiary/aromatic N) is 2. The highest BCUT2D eigenvalue weighted by Gasteiger charge is 2.18. The second-order valence-corrected chi connectivity index (χ2v) is 7.03.